The average molecular weight is 419 g/mol. The molecule has 0 bridgehead atoms. The maximum absolute atomic E-state index is 12.8. The molecule has 0 spiro atoms. The van der Waals surface area contributed by atoms with Gasteiger partial charge in [-0.2, -0.15) is 0 Å². The van der Waals surface area contributed by atoms with Gasteiger partial charge in [-0.25, -0.2) is 8.42 Å². The lowest BCUT2D eigenvalue weighted by Gasteiger charge is -2.14. The highest BCUT2D eigenvalue weighted by Gasteiger charge is 2.24. The van der Waals surface area contributed by atoms with Crippen molar-refractivity contribution in [2.75, 3.05) is 25.5 Å². The van der Waals surface area contributed by atoms with E-state index in [0.29, 0.717) is 22.0 Å². The smallest absolute Gasteiger partial charge is 0.263 e. The fourth-order valence-corrected chi connectivity index (χ4v) is 5.03. The molecule has 0 unspecified atom stereocenters. The first-order chi connectivity index (χ1) is 12.2. The summed E-state index contributed by atoms with van der Waals surface area (Å²) < 4.78 is 38.4. The lowest BCUT2D eigenvalue weighted by atomic mass is 10.3. The van der Waals surface area contributed by atoms with Gasteiger partial charge in [-0.05, 0) is 19.9 Å². The number of aryl methyl sites for hydroxylation is 1. The molecule has 2 N–H and O–H groups in total. The fourth-order valence-electron chi connectivity index (χ4n) is 2.23. The maximum Gasteiger partial charge on any atom is 0.263 e. The highest BCUT2D eigenvalue weighted by molar-refractivity contribution is 7.93. The number of carbonyl (C=O) groups excluding carboxylic acids is 1. The molecule has 0 saturated carbocycles. The Morgan fingerprint density at radius 2 is 1.85 bits per heavy atom. The van der Waals surface area contributed by atoms with Crippen LogP contribution in [0.1, 0.15) is 21.5 Å². The zero-order valence-corrected chi connectivity index (χ0v) is 17.1. The van der Waals surface area contributed by atoms with Gasteiger partial charge in [-0.3, -0.25) is 9.52 Å². The van der Waals surface area contributed by atoms with E-state index in [0.717, 1.165) is 11.3 Å². The molecule has 1 amide bonds. The number of carbonyl (C=O) groups is 1. The molecule has 1 aromatic heterocycles. The highest BCUT2D eigenvalue weighted by atomic mass is 35.5. The van der Waals surface area contributed by atoms with Crippen LogP contribution in [-0.4, -0.2) is 35.1 Å². The minimum atomic E-state index is -3.94. The molecule has 0 aliphatic carbocycles. The van der Waals surface area contributed by atoms with Gasteiger partial charge >= 0.3 is 0 Å². The van der Waals surface area contributed by atoms with E-state index >= 15 is 0 Å². The average Bonchev–Trinajstić information content (AvgIpc) is 2.99. The number of ether oxygens (including phenoxy) is 2. The number of thiophene rings is 1. The van der Waals surface area contributed by atoms with E-state index in [9.17, 15) is 13.2 Å². The van der Waals surface area contributed by atoms with Gasteiger partial charge in [0.1, 0.15) is 16.4 Å². The van der Waals surface area contributed by atoms with Crippen molar-refractivity contribution >= 4 is 44.6 Å². The third kappa shape index (κ3) is 4.22. The topological polar surface area (TPSA) is 93.7 Å². The summed E-state index contributed by atoms with van der Waals surface area (Å²) in [5.41, 5.74) is 0.180. The molecule has 10 heteroatoms. The number of methoxy groups -OCH3 is 2. The normalized spacial score (nSPS) is 11.1. The van der Waals surface area contributed by atoms with Crippen molar-refractivity contribution in [2.24, 2.45) is 0 Å². The molecule has 26 heavy (non-hydrogen) atoms. The summed E-state index contributed by atoms with van der Waals surface area (Å²) >= 11 is 7.15. The monoisotopic (exact) mass is 418 g/mol. The van der Waals surface area contributed by atoms with Crippen LogP contribution in [0.3, 0.4) is 0 Å². The summed E-state index contributed by atoms with van der Waals surface area (Å²) in [5.74, 6) is 0.235. The van der Waals surface area contributed by atoms with Gasteiger partial charge in [-0.15, -0.1) is 11.3 Å². The Bertz CT molecular complexity index is 925. The predicted molar refractivity (Wildman–Crippen MR) is 102 cm³/mol. The van der Waals surface area contributed by atoms with Gasteiger partial charge in [0.15, 0.2) is 0 Å². The molecule has 1 aromatic carbocycles. The van der Waals surface area contributed by atoms with Crippen LogP contribution in [0.15, 0.2) is 23.1 Å². The van der Waals surface area contributed by atoms with Crippen molar-refractivity contribution in [1.29, 1.82) is 0 Å². The number of hydrogen-bond donors (Lipinski definition) is 2. The zero-order chi connectivity index (χ0) is 19.5. The molecule has 2 rings (SSSR count). The third-order valence-electron chi connectivity index (χ3n) is 3.44. The van der Waals surface area contributed by atoms with Gasteiger partial charge in [0, 0.05) is 23.6 Å². The van der Waals surface area contributed by atoms with E-state index in [1.54, 1.807) is 13.8 Å². The first-order valence-electron chi connectivity index (χ1n) is 7.56. The van der Waals surface area contributed by atoms with Crippen LogP contribution >= 0.6 is 22.9 Å². The number of nitrogens with one attached hydrogen (secondary N) is 2. The molecule has 1 heterocycles. The van der Waals surface area contributed by atoms with Crippen LogP contribution in [-0.2, 0) is 10.0 Å². The second kappa shape index (κ2) is 8.15. The van der Waals surface area contributed by atoms with Gasteiger partial charge in [0.05, 0.1) is 29.8 Å². The van der Waals surface area contributed by atoms with Gasteiger partial charge < -0.3 is 14.8 Å². The summed E-state index contributed by atoms with van der Waals surface area (Å²) in [5, 5.41) is 2.94. The number of amides is 1. The molecular formula is C16H19ClN2O5S2. The largest absolute Gasteiger partial charge is 0.495 e. The molecule has 0 atom stereocenters. The Hall–Kier alpha value is -1.97. The number of halogens is 1. The van der Waals surface area contributed by atoms with E-state index in [1.807, 2.05) is 0 Å². The molecule has 7 nitrogen and oxygen atoms in total. The lowest BCUT2D eigenvalue weighted by Crippen LogP contribution is -2.21. The van der Waals surface area contributed by atoms with Gasteiger partial charge in [0.2, 0.25) is 0 Å². The summed E-state index contributed by atoms with van der Waals surface area (Å²) in [7, 11) is -1.11. The SMILES string of the molecule is CCNC(=O)c1cc(S(=O)(=O)Nc2cc(OC)c(Cl)cc2OC)c(C)s1. The second-order valence-electron chi connectivity index (χ2n) is 5.18. The van der Waals surface area contributed by atoms with E-state index in [1.165, 1.54) is 32.4 Å². The van der Waals surface area contributed by atoms with Crippen LogP contribution < -0.4 is 19.5 Å². The van der Waals surface area contributed by atoms with Gasteiger partial charge in [0.25, 0.3) is 15.9 Å². The second-order valence-corrected chi connectivity index (χ2v) is 8.50. The van der Waals surface area contributed by atoms with Crippen molar-refractivity contribution in [1.82, 2.24) is 5.32 Å². The minimum absolute atomic E-state index is 0.0275. The Morgan fingerprint density at radius 1 is 1.19 bits per heavy atom. The van der Waals surface area contributed by atoms with E-state index < -0.39 is 10.0 Å². The standard InChI is InChI=1S/C16H19ClN2O5S2/c1-5-18-16(20)14-8-15(9(2)25-14)26(21,22)19-11-7-12(23-3)10(17)6-13(11)24-4/h6-8,19H,5H2,1-4H3,(H,18,20). The molecule has 0 fully saturated rings. The van der Waals surface area contributed by atoms with Crippen LogP contribution in [0.2, 0.25) is 5.02 Å². The van der Waals surface area contributed by atoms with Crippen molar-refractivity contribution in [2.45, 2.75) is 18.7 Å². The van der Waals surface area contributed by atoms with Crippen molar-refractivity contribution in [3.05, 3.63) is 33.0 Å². The summed E-state index contributed by atoms with van der Waals surface area (Å²) in [6, 6.07) is 4.25. The predicted octanol–water partition coefficient (Wildman–Crippen LogP) is 3.28. The first kappa shape index (κ1) is 20.3. The molecule has 142 valence electrons. The number of rotatable bonds is 7. The van der Waals surface area contributed by atoms with Crippen LogP contribution in [0.25, 0.3) is 0 Å². The van der Waals surface area contributed by atoms with Gasteiger partial charge in [-0.1, -0.05) is 11.6 Å². The molecule has 0 aliphatic heterocycles. The molecule has 0 saturated heterocycles. The van der Waals surface area contributed by atoms with Crippen LogP contribution in [0, 0.1) is 6.92 Å². The first-order valence-corrected chi connectivity index (χ1v) is 10.2. The Kier molecular flexibility index (Phi) is 6.38. The number of sulfonamides is 1. The summed E-state index contributed by atoms with van der Waals surface area (Å²) in [4.78, 5) is 12.8. The Balaban J connectivity index is 2.42. The van der Waals surface area contributed by atoms with E-state index in [4.69, 9.17) is 21.1 Å². The molecule has 0 radical (unpaired) electrons. The number of anilines is 1. The van der Waals surface area contributed by atoms with Crippen LogP contribution in [0.5, 0.6) is 11.5 Å². The molecule has 0 aliphatic rings. The quantitative estimate of drug-likeness (QED) is 0.719. The summed E-state index contributed by atoms with van der Waals surface area (Å²) in [6.07, 6.45) is 0. The number of hydrogen-bond acceptors (Lipinski definition) is 6. The Morgan fingerprint density at radius 3 is 2.42 bits per heavy atom. The van der Waals surface area contributed by atoms with Crippen molar-refractivity contribution in [3.63, 3.8) is 0 Å². The fraction of sp³-hybridized carbons (Fsp3) is 0.312. The minimum Gasteiger partial charge on any atom is -0.495 e. The highest BCUT2D eigenvalue weighted by Crippen LogP contribution is 2.37. The Labute approximate surface area is 161 Å². The van der Waals surface area contributed by atoms with E-state index in [2.05, 4.69) is 10.0 Å². The molecule has 2 aromatic rings. The van der Waals surface area contributed by atoms with Crippen molar-refractivity contribution in [3.8, 4) is 11.5 Å². The van der Waals surface area contributed by atoms with Crippen LogP contribution in [0.4, 0.5) is 5.69 Å². The zero-order valence-electron chi connectivity index (χ0n) is 14.7. The maximum atomic E-state index is 12.8. The third-order valence-corrected chi connectivity index (χ3v) is 6.41. The van der Waals surface area contributed by atoms with Crippen molar-refractivity contribution < 1.29 is 22.7 Å². The van der Waals surface area contributed by atoms with E-state index in [-0.39, 0.29) is 27.3 Å². The lowest BCUT2D eigenvalue weighted by molar-refractivity contribution is 0.0959. The molecular weight excluding hydrogens is 400 g/mol. The summed E-state index contributed by atoms with van der Waals surface area (Å²) in [6.45, 7) is 3.89. The number of benzene rings is 1.